The van der Waals surface area contributed by atoms with Crippen molar-refractivity contribution in [2.75, 3.05) is 13.1 Å². The Morgan fingerprint density at radius 2 is 1.07 bits per heavy atom. The summed E-state index contributed by atoms with van der Waals surface area (Å²) in [5.74, 6) is 0.526. The summed E-state index contributed by atoms with van der Waals surface area (Å²) in [7, 11) is 0. The summed E-state index contributed by atoms with van der Waals surface area (Å²) in [5.41, 5.74) is 7.59. The van der Waals surface area contributed by atoms with Crippen LogP contribution in [0.25, 0.3) is 0 Å². The maximum atomic E-state index is 12.3. The van der Waals surface area contributed by atoms with Crippen LogP contribution in [0.15, 0.2) is 85.0 Å². The highest BCUT2D eigenvalue weighted by Crippen LogP contribution is 2.42. The van der Waals surface area contributed by atoms with Crippen molar-refractivity contribution >= 4 is 57.7 Å². The summed E-state index contributed by atoms with van der Waals surface area (Å²) in [5, 5.41) is 0. The lowest BCUT2D eigenvalue weighted by Gasteiger charge is -2.33. The zero-order valence-corrected chi connectivity index (χ0v) is 28.5. The molecule has 6 rings (SSSR count). The lowest BCUT2D eigenvalue weighted by atomic mass is 9.86. The number of rotatable bonds is 4. The van der Waals surface area contributed by atoms with Gasteiger partial charge in [0, 0.05) is 34.7 Å². The summed E-state index contributed by atoms with van der Waals surface area (Å²) in [6, 6.07) is 20.9. The summed E-state index contributed by atoms with van der Waals surface area (Å²) in [6.07, 6.45) is 6.86. The van der Waals surface area contributed by atoms with Gasteiger partial charge in [0.1, 0.15) is 0 Å². The van der Waals surface area contributed by atoms with Gasteiger partial charge in [-0.2, -0.15) is 0 Å². The second-order valence-electron chi connectivity index (χ2n) is 11.1. The smallest absolute Gasteiger partial charge is 0.246 e. The number of carbonyl (C=O) groups excluding carboxylic acids is 2. The number of hydrogen-bond donors (Lipinski definition) is 0. The Hall–Kier alpha value is -3.16. The topological polar surface area (TPSA) is 40.6 Å². The summed E-state index contributed by atoms with van der Waals surface area (Å²) < 4.78 is 1.59. The summed E-state index contributed by atoms with van der Waals surface area (Å²) in [6.45, 7) is 10.7. The van der Waals surface area contributed by atoms with E-state index in [1.165, 1.54) is 43.1 Å². The van der Waals surface area contributed by atoms with Crippen molar-refractivity contribution in [3.8, 4) is 0 Å². The third-order valence-electron chi connectivity index (χ3n) is 8.22. The maximum Gasteiger partial charge on any atom is 0.246 e. The van der Waals surface area contributed by atoms with Crippen molar-refractivity contribution in [1.82, 2.24) is 9.80 Å². The Labute approximate surface area is 278 Å². The minimum Gasteiger partial charge on any atom is -0.333 e. The van der Waals surface area contributed by atoms with Gasteiger partial charge in [-0.1, -0.05) is 83.9 Å². The van der Waals surface area contributed by atoms with E-state index in [9.17, 15) is 9.59 Å². The van der Waals surface area contributed by atoms with Crippen LogP contribution in [-0.2, 0) is 22.7 Å². The molecule has 4 heterocycles. The van der Waals surface area contributed by atoms with Gasteiger partial charge < -0.3 is 9.80 Å². The highest BCUT2D eigenvalue weighted by molar-refractivity contribution is 7.16. The van der Waals surface area contributed by atoms with E-state index in [0.717, 1.165) is 8.67 Å². The van der Waals surface area contributed by atoms with E-state index in [0.29, 0.717) is 26.2 Å². The zero-order chi connectivity index (χ0) is 31.4. The van der Waals surface area contributed by atoms with E-state index in [-0.39, 0.29) is 23.7 Å². The average Bonchev–Trinajstić information content (AvgIpc) is 3.58. The SMILES string of the molecule is C/C=C/C(=O)N1Cc2sc(Cl)cc2[C@@H](c2ccccc2C)C1.C/C=C/C(=O)N1Cc2sc(Cl)cc2[C@H](c2ccccc2C)C1. The number of nitrogens with zero attached hydrogens (tertiary/aromatic N) is 2. The number of aryl methyl sites for hydroxylation is 2. The van der Waals surface area contributed by atoms with Gasteiger partial charge in [0.05, 0.1) is 21.8 Å². The largest absolute Gasteiger partial charge is 0.333 e. The van der Waals surface area contributed by atoms with E-state index in [1.54, 1.807) is 47.0 Å². The molecule has 8 heteroatoms. The number of benzene rings is 2. The first kappa shape index (κ1) is 32.2. The fraction of sp³-hybridized carbons (Fsp3) is 0.278. The number of halogens is 2. The van der Waals surface area contributed by atoms with Gasteiger partial charge in [0.25, 0.3) is 0 Å². The number of amides is 2. The third kappa shape index (κ3) is 7.05. The molecule has 0 saturated carbocycles. The van der Waals surface area contributed by atoms with Gasteiger partial charge in [-0.05, 0) is 85.4 Å². The first-order chi connectivity index (χ1) is 21.2. The van der Waals surface area contributed by atoms with Crippen LogP contribution in [0.5, 0.6) is 0 Å². The number of hydrogen-bond acceptors (Lipinski definition) is 4. The van der Waals surface area contributed by atoms with Crippen molar-refractivity contribution < 1.29 is 9.59 Å². The van der Waals surface area contributed by atoms with Gasteiger partial charge in [-0.3, -0.25) is 9.59 Å². The van der Waals surface area contributed by atoms with Crippen molar-refractivity contribution in [1.29, 1.82) is 0 Å². The molecule has 0 fully saturated rings. The molecule has 0 unspecified atom stereocenters. The predicted octanol–water partition coefficient (Wildman–Crippen LogP) is 9.52. The van der Waals surface area contributed by atoms with Crippen LogP contribution in [0.1, 0.15) is 68.8 Å². The molecule has 0 spiro atoms. The standard InChI is InChI=1S/2C18H18ClNOS/c2*1-3-6-18(21)20-10-15(13-8-5-4-7-12(13)2)14-9-17(19)22-16(14)11-20/h2*3-9,15H,10-11H2,1-2H3/b2*6-3+/t2*15-/m10/s1. The van der Waals surface area contributed by atoms with Crippen LogP contribution in [0.2, 0.25) is 8.67 Å². The maximum absolute atomic E-state index is 12.3. The lowest BCUT2D eigenvalue weighted by molar-refractivity contribution is -0.127. The van der Waals surface area contributed by atoms with E-state index in [4.69, 9.17) is 23.2 Å². The Kier molecular flexibility index (Phi) is 10.5. The van der Waals surface area contributed by atoms with E-state index < -0.39 is 0 Å². The van der Waals surface area contributed by atoms with Crippen LogP contribution in [0, 0.1) is 13.8 Å². The third-order valence-corrected chi connectivity index (χ3v) is 10.7. The number of thiophene rings is 2. The van der Waals surface area contributed by atoms with E-state index >= 15 is 0 Å². The molecule has 0 radical (unpaired) electrons. The molecule has 0 bridgehead atoms. The molecule has 4 nitrogen and oxygen atoms in total. The summed E-state index contributed by atoms with van der Waals surface area (Å²) >= 11 is 15.6. The van der Waals surface area contributed by atoms with Crippen LogP contribution in [0.3, 0.4) is 0 Å². The van der Waals surface area contributed by atoms with Gasteiger partial charge in [-0.15, -0.1) is 22.7 Å². The van der Waals surface area contributed by atoms with Crippen molar-refractivity contribution in [2.24, 2.45) is 0 Å². The predicted molar refractivity (Wildman–Crippen MR) is 185 cm³/mol. The Morgan fingerprint density at radius 1 is 0.682 bits per heavy atom. The van der Waals surface area contributed by atoms with Crippen LogP contribution < -0.4 is 0 Å². The molecular weight excluding hydrogens is 627 g/mol. The first-order valence-electron chi connectivity index (χ1n) is 14.7. The lowest BCUT2D eigenvalue weighted by Crippen LogP contribution is -2.37. The van der Waals surface area contributed by atoms with Crippen LogP contribution >= 0.6 is 45.9 Å². The molecule has 2 aliphatic rings. The monoisotopic (exact) mass is 662 g/mol. The molecule has 0 N–H and O–H groups in total. The molecule has 2 aromatic heterocycles. The molecule has 0 saturated heterocycles. The molecule has 2 aliphatic heterocycles. The Balaban J connectivity index is 0.000000175. The average molecular weight is 664 g/mol. The molecule has 2 amide bonds. The van der Waals surface area contributed by atoms with Crippen LogP contribution in [0.4, 0.5) is 0 Å². The highest BCUT2D eigenvalue weighted by atomic mass is 35.5. The zero-order valence-electron chi connectivity index (χ0n) is 25.3. The molecular formula is C36H36Cl2N2O2S2. The van der Waals surface area contributed by atoms with Gasteiger partial charge in [-0.25, -0.2) is 0 Å². The number of allylic oxidation sites excluding steroid dienone is 2. The minimum absolute atomic E-state index is 0.0660. The second kappa shape index (κ2) is 14.3. The van der Waals surface area contributed by atoms with Crippen molar-refractivity contribution in [3.63, 3.8) is 0 Å². The normalized spacial score (nSPS) is 17.8. The summed E-state index contributed by atoms with van der Waals surface area (Å²) in [4.78, 5) is 30.8. The van der Waals surface area contributed by atoms with Gasteiger partial charge >= 0.3 is 0 Å². The van der Waals surface area contributed by atoms with Crippen molar-refractivity contribution in [2.45, 2.75) is 52.6 Å². The quantitative estimate of drug-likeness (QED) is 0.204. The fourth-order valence-electron chi connectivity index (χ4n) is 6.09. The highest BCUT2D eigenvalue weighted by Gasteiger charge is 2.32. The van der Waals surface area contributed by atoms with E-state index in [1.807, 2.05) is 35.8 Å². The van der Waals surface area contributed by atoms with Gasteiger partial charge in [0.2, 0.25) is 11.8 Å². The van der Waals surface area contributed by atoms with E-state index in [2.05, 4.69) is 62.4 Å². The first-order valence-corrected chi connectivity index (χ1v) is 17.1. The molecule has 228 valence electrons. The molecule has 44 heavy (non-hydrogen) atoms. The second-order valence-corrected chi connectivity index (χ2v) is 14.7. The number of carbonyl (C=O) groups is 2. The van der Waals surface area contributed by atoms with Gasteiger partial charge in [0.15, 0.2) is 0 Å². The molecule has 0 aliphatic carbocycles. The van der Waals surface area contributed by atoms with Crippen molar-refractivity contribution in [3.05, 3.63) is 137 Å². The number of fused-ring (bicyclic) bond motifs is 2. The fourth-order valence-corrected chi connectivity index (χ4v) is 8.80. The molecule has 2 atom stereocenters. The molecule has 4 aromatic rings. The Bertz CT molecular complexity index is 1590. The minimum atomic E-state index is 0.0660. The molecule has 2 aromatic carbocycles. The Morgan fingerprint density at radius 3 is 1.43 bits per heavy atom. The van der Waals surface area contributed by atoms with Crippen LogP contribution in [-0.4, -0.2) is 34.7 Å².